The summed E-state index contributed by atoms with van der Waals surface area (Å²) in [6.45, 7) is 6.50. The predicted molar refractivity (Wildman–Crippen MR) is 68.8 cm³/mol. The summed E-state index contributed by atoms with van der Waals surface area (Å²) in [6, 6.07) is 8.10. The topological polar surface area (TPSA) is 17.1 Å². The van der Waals surface area contributed by atoms with Gasteiger partial charge in [-0.2, -0.15) is 0 Å². The molecular formula is C15H22O. The lowest BCUT2D eigenvalue weighted by Crippen LogP contribution is -2.00. The van der Waals surface area contributed by atoms with Crippen molar-refractivity contribution in [2.24, 2.45) is 5.92 Å². The lowest BCUT2D eigenvalue weighted by molar-refractivity contribution is 0.0981. The first-order valence-corrected chi connectivity index (χ1v) is 6.25. The summed E-state index contributed by atoms with van der Waals surface area (Å²) < 4.78 is 0. The summed E-state index contributed by atoms with van der Waals surface area (Å²) in [4.78, 5) is 11.7. The lowest BCUT2D eigenvalue weighted by atomic mass is 9.99. The maximum atomic E-state index is 11.7. The Morgan fingerprint density at radius 3 is 2.69 bits per heavy atom. The van der Waals surface area contributed by atoms with E-state index >= 15 is 0 Å². The highest BCUT2D eigenvalue weighted by molar-refractivity contribution is 5.96. The predicted octanol–water partition coefficient (Wildman–Crippen LogP) is 4.26. The molecule has 0 saturated heterocycles. The van der Waals surface area contributed by atoms with E-state index in [0.29, 0.717) is 6.42 Å². The molecule has 0 aliphatic carbocycles. The van der Waals surface area contributed by atoms with Crippen molar-refractivity contribution in [1.29, 1.82) is 0 Å². The third-order valence-electron chi connectivity index (χ3n) is 2.74. The highest BCUT2D eigenvalue weighted by atomic mass is 16.1. The number of carbonyl (C=O) groups excluding carboxylic acids is 1. The van der Waals surface area contributed by atoms with Crippen molar-refractivity contribution in [2.45, 2.75) is 46.5 Å². The second kappa shape index (κ2) is 6.47. The van der Waals surface area contributed by atoms with Crippen molar-refractivity contribution < 1.29 is 4.79 Å². The molecule has 0 fully saturated rings. The maximum Gasteiger partial charge on any atom is 0.162 e. The smallest absolute Gasteiger partial charge is 0.162 e. The van der Waals surface area contributed by atoms with Crippen LogP contribution in [0.15, 0.2) is 24.3 Å². The van der Waals surface area contributed by atoms with Crippen LogP contribution in [0, 0.1) is 5.92 Å². The molecule has 1 aromatic carbocycles. The number of benzene rings is 1. The Bertz CT molecular complexity index is 339. The Morgan fingerprint density at radius 2 is 2.06 bits per heavy atom. The van der Waals surface area contributed by atoms with E-state index in [-0.39, 0.29) is 5.78 Å². The molecule has 0 aliphatic rings. The molecule has 0 atom stereocenters. The molecule has 0 bridgehead atoms. The van der Waals surface area contributed by atoms with Crippen LogP contribution in [-0.2, 0) is 6.42 Å². The SMILES string of the molecule is CCCC(=O)c1cccc(CCC(C)C)c1. The number of Topliss-reactive ketones (excluding diaryl/α,β-unsaturated/α-hetero) is 1. The normalized spacial score (nSPS) is 10.8. The van der Waals surface area contributed by atoms with E-state index < -0.39 is 0 Å². The minimum Gasteiger partial charge on any atom is -0.294 e. The van der Waals surface area contributed by atoms with Gasteiger partial charge in [-0.1, -0.05) is 39.0 Å². The molecule has 1 heteroatoms. The average molecular weight is 218 g/mol. The molecule has 0 N–H and O–H groups in total. The monoisotopic (exact) mass is 218 g/mol. The van der Waals surface area contributed by atoms with E-state index in [9.17, 15) is 4.79 Å². The van der Waals surface area contributed by atoms with Crippen LogP contribution in [0.2, 0.25) is 0 Å². The van der Waals surface area contributed by atoms with Crippen LogP contribution in [0.1, 0.15) is 56.0 Å². The van der Waals surface area contributed by atoms with E-state index in [2.05, 4.69) is 26.0 Å². The van der Waals surface area contributed by atoms with Crippen LogP contribution in [0.25, 0.3) is 0 Å². The minimum atomic E-state index is 0.272. The van der Waals surface area contributed by atoms with Gasteiger partial charge in [0.15, 0.2) is 5.78 Å². The molecule has 1 rings (SSSR count). The van der Waals surface area contributed by atoms with Crippen molar-refractivity contribution in [2.75, 3.05) is 0 Å². The van der Waals surface area contributed by atoms with Crippen molar-refractivity contribution >= 4 is 5.78 Å². The Balaban J connectivity index is 2.67. The standard InChI is InChI=1S/C15H22O/c1-4-6-15(16)14-8-5-7-13(11-14)10-9-12(2)3/h5,7-8,11-12H,4,6,9-10H2,1-3H3. The Hall–Kier alpha value is -1.11. The van der Waals surface area contributed by atoms with Gasteiger partial charge in [0, 0.05) is 12.0 Å². The zero-order valence-electron chi connectivity index (χ0n) is 10.6. The van der Waals surface area contributed by atoms with Gasteiger partial charge >= 0.3 is 0 Å². The number of hydrogen-bond donors (Lipinski definition) is 0. The van der Waals surface area contributed by atoms with E-state index in [0.717, 1.165) is 24.3 Å². The van der Waals surface area contributed by atoms with Gasteiger partial charge in [-0.25, -0.2) is 0 Å². The van der Waals surface area contributed by atoms with Crippen LogP contribution in [0.3, 0.4) is 0 Å². The molecule has 0 heterocycles. The van der Waals surface area contributed by atoms with E-state index in [1.807, 2.05) is 19.1 Å². The third-order valence-corrected chi connectivity index (χ3v) is 2.74. The quantitative estimate of drug-likeness (QED) is 0.652. The molecule has 0 aliphatic heterocycles. The van der Waals surface area contributed by atoms with Crippen molar-refractivity contribution in [3.63, 3.8) is 0 Å². The number of hydrogen-bond acceptors (Lipinski definition) is 1. The second-order valence-corrected chi connectivity index (χ2v) is 4.81. The number of carbonyl (C=O) groups is 1. The number of aryl methyl sites for hydroxylation is 1. The molecule has 0 amide bonds. The van der Waals surface area contributed by atoms with Gasteiger partial charge in [-0.3, -0.25) is 4.79 Å². The van der Waals surface area contributed by atoms with E-state index in [4.69, 9.17) is 0 Å². The summed E-state index contributed by atoms with van der Waals surface area (Å²) in [6.07, 6.45) is 3.85. The molecule has 88 valence electrons. The van der Waals surface area contributed by atoms with Crippen LogP contribution in [0.5, 0.6) is 0 Å². The summed E-state index contributed by atoms with van der Waals surface area (Å²) in [5.74, 6) is 0.990. The van der Waals surface area contributed by atoms with Gasteiger partial charge in [-0.05, 0) is 36.8 Å². The van der Waals surface area contributed by atoms with Crippen LogP contribution in [-0.4, -0.2) is 5.78 Å². The van der Waals surface area contributed by atoms with Gasteiger partial charge in [0.05, 0.1) is 0 Å². The first kappa shape index (κ1) is 13.0. The van der Waals surface area contributed by atoms with Gasteiger partial charge in [0.1, 0.15) is 0 Å². The van der Waals surface area contributed by atoms with Crippen molar-refractivity contribution in [1.82, 2.24) is 0 Å². The summed E-state index contributed by atoms with van der Waals surface area (Å²) in [7, 11) is 0. The third kappa shape index (κ3) is 4.18. The Labute approximate surface area is 98.9 Å². The average Bonchev–Trinajstić information content (AvgIpc) is 2.27. The largest absolute Gasteiger partial charge is 0.294 e. The molecule has 0 radical (unpaired) electrons. The number of rotatable bonds is 6. The molecule has 1 aromatic rings. The minimum absolute atomic E-state index is 0.272. The highest BCUT2D eigenvalue weighted by Gasteiger charge is 2.05. The zero-order valence-corrected chi connectivity index (χ0v) is 10.6. The molecule has 16 heavy (non-hydrogen) atoms. The van der Waals surface area contributed by atoms with Crippen LogP contribution in [0.4, 0.5) is 0 Å². The van der Waals surface area contributed by atoms with E-state index in [1.54, 1.807) is 0 Å². The summed E-state index contributed by atoms with van der Waals surface area (Å²) >= 11 is 0. The summed E-state index contributed by atoms with van der Waals surface area (Å²) in [5.41, 5.74) is 2.17. The first-order chi connectivity index (χ1) is 7.63. The van der Waals surface area contributed by atoms with Crippen molar-refractivity contribution in [3.05, 3.63) is 35.4 Å². The molecule has 1 nitrogen and oxygen atoms in total. The van der Waals surface area contributed by atoms with Crippen LogP contribution < -0.4 is 0 Å². The Kier molecular flexibility index (Phi) is 5.24. The molecular weight excluding hydrogens is 196 g/mol. The second-order valence-electron chi connectivity index (χ2n) is 4.81. The van der Waals surface area contributed by atoms with Crippen LogP contribution >= 0.6 is 0 Å². The molecule has 0 saturated carbocycles. The fourth-order valence-corrected chi connectivity index (χ4v) is 1.73. The number of ketones is 1. The highest BCUT2D eigenvalue weighted by Crippen LogP contribution is 2.13. The maximum absolute atomic E-state index is 11.7. The van der Waals surface area contributed by atoms with Gasteiger partial charge in [0.25, 0.3) is 0 Å². The lowest BCUT2D eigenvalue weighted by Gasteiger charge is -2.06. The van der Waals surface area contributed by atoms with Gasteiger partial charge < -0.3 is 0 Å². The van der Waals surface area contributed by atoms with E-state index in [1.165, 1.54) is 12.0 Å². The molecule has 0 unspecified atom stereocenters. The molecule has 0 spiro atoms. The first-order valence-electron chi connectivity index (χ1n) is 6.25. The summed E-state index contributed by atoms with van der Waals surface area (Å²) in [5, 5.41) is 0. The van der Waals surface area contributed by atoms with Gasteiger partial charge in [-0.15, -0.1) is 0 Å². The zero-order chi connectivity index (χ0) is 12.0. The fraction of sp³-hybridized carbons (Fsp3) is 0.533. The van der Waals surface area contributed by atoms with Crippen molar-refractivity contribution in [3.8, 4) is 0 Å². The fourth-order valence-electron chi connectivity index (χ4n) is 1.73. The molecule has 0 aromatic heterocycles. The Morgan fingerprint density at radius 1 is 1.31 bits per heavy atom. The van der Waals surface area contributed by atoms with Gasteiger partial charge in [0.2, 0.25) is 0 Å².